The summed E-state index contributed by atoms with van der Waals surface area (Å²) in [6.45, 7) is 3.60. The van der Waals surface area contributed by atoms with Crippen LogP contribution in [0.1, 0.15) is 24.5 Å². The highest BCUT2D eigenvalue weighted by molar-refractivity contribution is 5.82. The Labute approximate surface area is 94.4 Å². The molecule has 4 nitrogen and oxygen atoms in total. The minimum atomic E-state index is -1.10. The van der Waals surface area contributed by atoms with E-state index in [2.05, 4.69) is 0 Å². The number of benzene rings is 1. The van der Waals surface area contributed by atoms with E-state index in [-0.39, 0.29) is 18.6 Å². The monoisotopic (exact) mass is 221 g/mol. The van der Waals surface area contributed by atoms with Gasteiger partial charge in [-0.3, -0.25) is 14.9 Å². The average Bonchev–Trinajstić information content (AvgIpc) is 2.27. The highest BCUT2D eigenvalue weighted by atomic mass is 16.6. The van der Waals surface area contributed by atoms with Gasteiger partial charge in [0.25, 0.3) is 6.04 Å². The van der Waals surface area contributed by atoms with Gasteiger partial charge >= 0.3 is 0 Å². The normalized spacial score (nSPS) is 12.1. The van der Waals surface area contributed by atoms with Crippen LogP contribution in [0.15, 0.2) is 24.3 Å². The van der Waals surface area contributed by atoms with Crippen LogP contribution in [0.5, 0.6) is 0 Å². The lowest BCUT2D eigenvalue weighted by Gasteiger charge is -2.07. The average molecular weight is 221 g/mol. The Hall–Kier alpha value is -1.71. The topological polar surface area (TPSA) is 60.2 Å². The van der Waals surface area contributed by atoms with Gasteiger partial charge in [0.2, 0.25) is 5.78 Å². The van der Waals surface area contributed by atoms with Crippen molar-refractivity contribution in [2.45, 2.75) is 32.7 Å². The fourth-order valence-corrected chi connectivity index (χ4v) is 1.49. The zero-order chi connectivity index (χ0) is 12.1. The largest absolute Gasteiger partial charge is 0.292 e. The summed E-state index contributed by atoms with van der Waals surface area (Å²) < 4.78 is 0. The Balaban J connectivity index is 2.80. The third kappa shape index (κ3) is 3.15. The van der Waals surface area contributed by atoms with Crippen LogP contribution in [0.3, 0.4) is 0 Å². The zero-order valence-corrected chi connectivity index (χ0v) is 9.47. The van der Waals surface area contributed by atoms with Crippen LogP contribution in [0.25, 0.3) is 0 Å². The molecule has 0 saturated carbocycles. The van der Waals surface area contributed by atoms with Crippen molar-refractivity contribution in [2.75, 3.05) is 0 Å². The number of aryl methyl sites for hydroxylation is 1. The quantitative estimate of drug-likeness (QED) is 0.565. The molecule has 0 aromatic heterocycles. The molecule has 0 N–H and O–H groups in total. The molecule has 86 valence electrons. The second-order valence-electron chi connectivity index (χ2n) is 3.81. The van der Waals surface area contributed by atoms with Gasteiger partial charge in [0.15, 0.2) is 0 Å². The summed E-state index contributed by atoms with van der Waals surface area (Å²) in [6, 6.07) is 6.34. The first-order chi connectivity index (χ1) is 7.54. The first-order valence-electron chi connectivity index (χ1n) is 5.26. The molecule has 1 atom stereocenters. The molecular weight excluding hydrogens is 206 g/mol. The first kappa shape index (κ1) is 12.4. The summed E-state index contributed by atoms with van der Waals surface area (Å²) in [5.41, 5.74) is 1.93. The summed E-state index contributed by atoms with van der Waals surface area (Å²) in [5.74, 6) is -0.314. The number of ketones is 1. The van der Waals surface area contributed by atoms with Crippen molar-refractivity contribution in [3.63, 3.8) is 0 Å². The molecule has 0 spiro atoms. The van der Waals surface area contributed by atoms with Gasteiger partial charge < -0.3 is 0 Å². The van der Waals surface area contributed by atoms with Crippen LogP contribution in [0.2, 0.25) is 0 Å². The third-order valence-corrected chi connectivity index (χ3v) is 2.52. The number of Topliss-reactive ketones (excluding diaryl/α,β-unsaturated/α-hetero) is 1. The van der Waals surface area contributed by atoms with Gasteiger partial charge in [0.1, 0.15) is 0 Å². The second kappa shape index (κ2) is 5.39. The predicted molar refractivity (Wildman–Crippen MR) is 61.0 cm³/mol. The van der Waals surface area contributed by atoms with E-state index in [4.69, 9.17) is 0 Å². The van der Waals surface area contributed by atoms with Crippen molar-refractivity contribution >= 4 is 5.78 Å². The van der Waals surface area contributed by atoms with E-state index in [1.54, 1.807) is 6.92 Å². The number of rotatable bonds is 5. The van der Waals surface area contributed by atoms with Crippen molar-refractivity contribution < 1.29 is 9.72 Å². The Morgan fingerprint density at radius 3 is 2.38 bits per heavy atom. The molecule has 4 heteroatoms. The van der Waals surface area contributed by atoms with Crippen LogP contribution in [0, 0.1) is 17.0 Å². The summed E-state index contributed by atoms with van der Waals surface area (Å²) in [7, 11) is 0. The SMILES string of the molecule is CCC(=O)C(Cc1ccc(C)cc1)[N+](=O)[O-]. The molecule has 1 aromatic rings. The standard InChI is InChI=1S/C12H15NO3/c1-3-12(14)11(13(15)16)8-10-6-4-9(2)5-7-10/h4-7,11H,3,8H2,1-2H3. The number of nitro groups is 1. The van der Waals surface area contributed by atoms with Gasteiger partial charge in [-0.2, -0.15) is 0 Å². The highest BCUT2D eigenvalue weighted by Crippen LogP contribution is 2.09. The molecule has 1 rings (SSSR count). The molecule has 0 heterocycles. The fraction of sp³-hybridized carbons (Fsp3) is 0.417. The molecule has 1 aromatic carbocycles. The van der Waals surface area contributed by atoms with Crippen molar-refractivity contribution in [1.29, 1.82) is 0 Å². The minimum absolute atomic E-state index is 0.181. The molecule has 0 radical (unpaired) electrons. The maximum Gasteiger partial charge on any atom is 0.274 e. The Morgan fingerprint density at radius 2 is 1.94 bits per heavy atom. The van der Waals surface area contributed by atoms with Crippen molar-refractivity contribution in [1.82, 2.24) is 0 Å². The lowest BCUT2D eigenvalue weighted by molar-refractivity contribution is -0.507. The lowest BCUT2D eigenvalue weighted by atomic mass is 10.0. The van der Waals surface area contributed by atoms with E-state index in [0.717, 1.165) is 11.1 Å². The molecule has 0 amide bonds. The summed E-state index contributed by atoms with van der Waals surface area (Å²) in [6.07, 6.45) is 0.386. The van der Waals surface area contributed by atoms with Crippen molar-refractivity contribution in [2.24, 2.45) is 0 Å². The van der Waals surface area contributed by atoms with Gasteiger partial charge in [0.05, 0.1) is 0 Å². The van der Waals surface area contributed by atoms with Crippen molar-refractivity contribution in [3.05, 3.63) is 45.5 Å². The van der Waals surface area contributed by atoms with E-state index in [9.17, 15) is 14.9 Å². The van der Waals surface area contributed by atoms with Gasteiger partial charge in [-0.15, -0.1) is 0 Å². The number of carbonyl (C=O) groups is 1. The molecule has 0 aliphatic carbocycles. The predicted octanol–water partition coefficient (Wildman–Crippen LogP) is 2.16. The minimum Gasteiger partial charge on any atom is -0.292 e. The molecule has 16 heavy (non-hydrogen) atoms. The maximum absolute atomic E-state index is 11.4. The maximum atomic E-state index is 11.4. The third-order valence-electron chi connectivity index (χ3n) is 2.52. The van der Waals surface area contributed by atoms with Gasteiger partial charge in [-0.05, 0) is 12.5 Å². The van der Waals surface area contributed by atoms with Crippen LogP contribution in [-0.4, -0.2) is 16.7 Å². The molecule has 0 saturated heterocycles. The van der Waals surface area contributed by atoms with E-state index < -0.39 is 11.0 Å². The van der Waals surface area contributed by atoms with Gasteiger partial charge in [-0.1, -0.05) is 36.8 Å². The van der Waals surface area contributed by atoms with Crippen LogP contribution < -0.4 is 0 Å². The van der Waals surface area contributed by atoms with Gasteiger partial charge in [-0.25, -0.2) is 0 Å². The van der Waals surface area contributed by atoms with Gasteiger partial charge in [0, 0.05) is 17.8 Å². The fourth-order valence-electron chi connectivity index (χ4n) is 1.49. The molecule has 1 unspecified atom stereocenters. The molecule has 0 fully saturated rings. The number of hydrogen-bond donors (Lipinski definition) is 0. The van der Waals surface area contributed by atoms with Crippen LogP contribution >= 0.6 is 0 Å². The first-order valence-corrected chi connectivity index (χ1v) is 5.26. The van der Waals surface area contributed by atoms with E-state index in [1.807, 2.05) is 31.2 Å². The summed E-state index contributed by atoms with van der Waals surface area (Å²) in [5, 5.41) is 10.8. The smallest absolute Gasteiger partial charge is 0.274 e. The van der Waals surface area contributed by atoms with Crippen LogP contribution in [0.4, 0.5) is 0 Å². The van der Waals surface area contributed by atoms with Crippen molar-refractivity contribution in [3.8, 4) is 0 Å². The summed E-state index contributed by atoms with van der Waals surface area (Å²) in [4.78, 5) is 21.6. The number of carbonyl (C=O) groups excluding carboxylic acids is 1. The van der Waals surface area contributed by atoms with E-state index in [1.165, 1.54) is 0 Å². The molecule has 0 bridgehead atoms. The Bertz CT molecular complexity index is 384. The second-order valence-corrected chi connectivity index (χ2v) is 3.81. The summed E-state index contributed by atoms with van der Waals surface area (Å²) >= 11 is 0. The van der Waals surface area contributed by atoms with E-state index in [0.29, 0.717) is 0 Å². The zero-order valence-electron chi connectivity index (χ0n) is 9.47. The number of nitrogens with zero attached hydrogens (tertiary/aromatic N) is 1. The number of hydrogen-bond acceptors (Lipinski definition) is 3. The Morgan fingerprint density at radius 1 is 1.38 bits per heavy atom. The molecular formula is C12H15NO3. The lowest BCUT2D eigenvalue weighted by Crippen LogP contribution is -2.31. The molecule has 0 aliphatic heterocycles. The Kier molecular flexibility index (Phi) is 4.17. The van der Waals surface area contributed by atoms with Crippen LogP contribution in [-0.2, 0) is 11.2 Å². The highest BCUT2D eigenvalue weighted by Gasteiger charge is 2.27. The van der Waals surface area contributed by atoms with E-state index >= 15 is 0 Å². The molecule has 0 aliphatic rings.